The van der Waals surface area contributed by atoms with Crippen molar-refractivity contribution in [2.24, 2.45) is 0 Å². The predicted molar refractivity (Wildman–Crippen MR) is 95.2 cm³/mol. The number of nitrogens with one attached hydrogen (secondary N) is 1. The summed E-state index contributed by atoms with van der Waals surface area (Å²) in [6.07, 6.45) is -0.680. The molecule has 0 unspecified atom stereocenters. The van der Waals surface area contributed by atoms with E-state index in [1.807, 2.05) is 0 Å². The summed E-state index contributed by atoms with van der Waals surface area (Å²) in [6.45, 7) is 6.79. The SMILES string of the molecule is COC(=O)c1cc(C)cc2c(B(O)O)c(CNC(=O)OC(C)(C)C)oc12. The van der Waals surface area contributed by atoms with E-state index in [4.69, 9.17) is 13.9 Å². The topological polar surface area (TPSA) is 118 Å². The second-order valence-corrected chi connectivity index (χ2v) is 6.85. The van der Waals surface area contributed by atoms with E-state index < -0.39 is 24.8 Å². The minimum Gasteiger partial charge on any atom is -0.465 e. The van der Waals surface area contributed by atoms with Gasteiger partial charge in [0.15, 0.2) is 0 Å². The number of carbonyl (C=O) groups excluding carboxylic acids is 2. The highest BCUT2D eigenvalue weighted by Crippen LogP contribution is 2.24. The van der Waals surface area contributed by atoms with Crippen molar-refractivity contribution >= 4 is 35.6 Å². The van der Waals surface area contributed by atoms with Crippen LogP contribution in [0, 0.1) is 6.92 Å². The fourth-order valence-corrected chi connectivity index (χ4v) is 2.55. The van der Waals surface area contributed by atoms with Crippen LogP contribution in [0.25, 0.3) is 11.0 Å². The third-order valence-electron chi connectivity index (χ3n) is 3.50. The molecule has 140 valence electrons. The van der Waals surface area contributed by atoms with E-state index in [0.29, 0.717) is 10.9 Å². The van der Waals surface area contributed by atoms with Crippen LogP contribution >= 0.6 is 0 Å². The third-order valence-corrected chi connectivity index (χ3v) is 3.50. The number of hydrogen-bond acceptors (Lipinski definition) is 7. The van der Waals surface area contributed by atoms with Crippen molar-refractivity contribution in [1.29, 1.82) is 0 Å². The first-order valence-corrected chi connectivity index (χ1v) is 8.00. The van der Waals surface area contributed by atoms with Crippen molar-refractivity contribution < 1.29 is 33.5 Å². The molecule has 0 saturated carbocycles. The Morgan fingerprint density at radius 3 is 2.46 bits per heavy atom. The van der Waals surface area contributed by atoms with Gasteiger partial charge in [-0.25, -0.2) is 9.59 Å². The van der Waals surface area contributed by atoms with Crippen LogP contribution in [0.15, 0.2) is 16.5 Å². The normalized spacial score (nSPS) is 11.3. The average Bonchev–Trinajstić information content (AvgIpc) is 2.88. The second-order valence-electron chi connectivity index (χ2n) is 6.85. The number of carbonyl (C=O) groups is 2. The van der Waals surface area contributed by atoms with E-state index in [-0.39, 0.29) is 28.9 Å². The summed E-state index contributed by atoms with van der Waals surface area (Å²) >= 11 is 0. The molecule has 0 atom stereocenters. The molecule has 8 nitrogen and oxygen atoms in total. The number of fused-ring (bicyclic) bond motifs is 1. The van der Waals surface area contributed by atoms with Crippen LogP contribution in [0.3, 0.4) is 0 Å². The molecule has 0 aliphatic carbocycles. The van der Waals surface area contributed by atoms with Gasteiger partial charge in [-0.15, -0.1) is 0 Å². The lowest BCUT2D eigenvalue weighted by Crippen LogP contribution is -2.36. The van der Waals surface area contributed by atoms with Crippen molar-refractivity contribution in [2.45, 2.75) is 39.8 Å². The van der Waals surface area contributed by atoms with E-state index in [2.05, 4.69) is 5.32 Å². The molecule has 1 heterocycles. The van der Waals surface area contributed by atoms with Gasteiger partial charge in [-0.05, 0) is 45.4 Å². The van der Waals surface area contributed by atoms with Crippen molar-refractivity contribution in [3.63, 3.8) is 0 Å². The quantitative estimate of drug-likeness (QED) is 0.552. The molecule has 0 radical (unpaired) electrons. The number of hydrogen-bond donors (Lipinski definition) is 3. The molecule has 9 heteroatoms. The van der Waals surface area contributed by atoms with Crippen molar-refractivity contribution in [3.05, 3.63) is 29.0 Å². The number of alkyl carbamates (subject to hydrolysis) is 1. The van der Waals surface area contributed by atoms with Gasteiger partial charge in [-0.3, -0.25) is 0 Å². The largest absolute Gasteiger partial charge is 0.492 e. The number of furan rings is 1. The summed E-state index contributed by atoms with van der Waals surface area (Å²) in [5.41, 5.74) is 0.434. The monoisotopic (exact) mass is 363 g/mol. The molecule has 0 aliphatic rings. The molecule has 26 heavy (non-hydrogen) atoms. The molecule has 0 spiro atoms. The Morgan fingerprint density at radius 2 is 1.92 bits per heavy atom. The maximum atomic E-state index is 12.0. The summed E-state index contributed by atoms with van der Waals surface area (Å²) in [4.78, 5) is 23.8. The Bertz CT molecular complexity index is 836. The number of amides is 1. The zero-order valence-corrected chi connectivity index (χ0v) is 15.4. The highest BCUT2D eigenvalue weighted by atomic mass is 16.6. The number of rotatable bonds is 4. The Balaban J connectivity index is 2.45. The zero-order valence-electron chi connectivity index (χ0n) is 15.4. The lowest BCUT2D eigenvalue weighted by Gasteiger charge is -2.19. The zero-order chi connectivity index (χ0) is 19.6. The number of methoxy groups -OCH3 is 1. The Hall–Kier alpha value is -2.52. The Labute approximate surface area is 151 Å². The van der Waals surface area contributed by atoms with Gasteiger partial charge in [0.25, 0.3) is 0 Å². The lowest BCUT2D eigenvalue weighted by atomic mass is 9.77. The maximum Gasteiger partial charge on any atom is 0.492 e. The molecular weight excluding hydrogens is 341 g/mol. The van der Waals surface area contributed by atoms with E-state index in [1.165, 1.54) is 7.11 Å². The highest BCUT2D eigenvalue weighted by molar-refractivity contribution is 6.62. The van der Waals surface area contributed by atoms with Crippen LogP contribution in [-0.4, -0.2) is 41.9 Å². The lowest BCUT2D eigenvalue weighted by molar-refractivity contribution is 0.0518. The van der Waals surface area contributed by atoms with Crippen LogP contribution in [-0.2, 0) is 16.0 Å². The van der Waals surface area contributed by atoms with Crippen LogP contribution < -0.4 is 10.8 Å². The van der Waals surface area contributed by atoms with Gasteiger partial charge in [0.1, 0.15) is 22.5 Å². The standard InChI is InChI=1S/C17H22BNO7/c1-9-6-10-13(18(22)23)12(8-19-16(21)26-17(2,3)4)25-14(10)11(7-9)15(20)24-5/h6-7,22-23H,8H2,1-5H3,(H,19,21). The predicted octanol–water partition coefficient (Wildman–Crippen LogP) is 1.23. The average molecular weight is 363 g/mol. The summed E-state index contributed by atoms with van der Waals surface area (Å²) in [5.74, 6) is -0.505. The molecule has 0 aliphatic heterocycles. The Morgan fingerprint density at radius 1 is 1.27 bits per heavy atom. The molecule has 2 rings (SSSR count). The highest BCUT2D eigenvalue weighted by Gasteiger charge is 2.28. The van der Waals surface area contributed by atoms with Crippen molar-refractivity contribution in [2.75, 3.05) is 7.11 Å². The first kappa shape index (κ1) is 19.8. The molecule has 1 aromatic carbocycles. The van der Waals surface area contributed by atoms with Gasteiger partial charge in [0.05, 0.1) is 13.7 Å². The summed E-state index contributed by atoms with van der Waals surface area (Å²) in [6, 6.07) is 3.24. The van der Waals surface area contributed by atoms with Crippen LogP contribution in [0.4, 0.5) is 4.79 Å². The van der Waals surface area contributed by atoms with Crippen LogP contribution in [0.5, 0.6) is 0 Å². The number of esters is 1. The minimum atomic E-state index is -1.85. The molecule has 0 fully saturated rings. The van der Waals surface area contributed by atoms with Crippen molar-refractivity contribution in [1.82, 2.24) is 5.32 Å². The third kappa shape index (κ3) is 4.36. The maximum absolute atomic E-state index is 12.0. The van der Waals surface area contributed by atoms with E-state index >= 15 is 0 Å². The molecular formula is C17H22BNO7. The first-order valence-electron chi connectivity index (χ1n) is 8.00. The smallest absolute Gasteiger partial charge is 0.465 e. The van der Waals surface area contributed by atoms with Crippen molar-refractivity contribution in [3.8, 4) is 0 Å². The molecule has 1 aromatic heterocycles. The van der Waals surface area contributed by atoms with Gasteiger partial charge in [0, 0.05) is 10.8 Å². The fourth-order valence-electron chi connectivity index (χ4n) is 2.55. The fraction of sp³-hybridized carbons (Fsp3) is 0.412. The van der Waals surface area contributed by atoms with E-state index in [9.17, 15) is 19.6 Å². The van der Waals surface area contributed by atoms with Gasteiger partial charge in [-0.1, -0.05) is 0 Å². The molecule has 0 bridgehead atoms. The molecule has 1 amide bonds. The van der Waals surface area contributed by atoms with E-state index in [1.54, 1.807) is 39.8 Å². The summed E-state index contributed by atoms with van der Waals surface area (Å²) < 4.78 is 15.5. The van der Waals surface area contributed by atoms with Gasteiger partial charge in [-0.2, -0.15) is 0 Å². The molecule has 0 saturated heterocycles. The second kappa shape index (κ2) is 7.39. The minimum absolute atomic E-state index is 0.0740. The van der Waals surface area contributed by atoms with Gasteiger partial charge in [0.2, 0.25) is 0 Å². The number of benzene rings is 1. The van der Waals surface area contributed by atoms with Gasteiger partial charge < -0.3 is 29.3 Å². The molecule has 2 aromatic rings. The van der Waals surface area contributed by atoms with Gasteiger partial charge >= 0.3 is 19.2 Å². The summed E-state index contributed by atoms with van der Waals surface area (Å²) in [7, 11) is -0.606. The number of aryl methyl sites for hydroxylation is 1. The van der Waals surface area contributed by atoms with E-state index in [0.717, 1.165) is 0 Å². The van der Waals surface area contributed by atoms with Crippen LogP contribution in [0.2, 0.25) is 0 Å². The summed E-state index contributed by atoms with van der Waals surface area (Å²) in [5, 5.41) is 22.4. The first-order chi connectivity index (χ1) is 12.0. The molecule has 3 N–H and O–H groups in total. The Kier molecular flexibility index (Phi) is 5.63. The number of ether oxygens (including phenoxy) is 2. The van der Waals surface area contributed by atoms with Crippen LogP contribution in [0.1, 0.15) is 42.5 Å².